The molecule has 7 nitrogen and oxygen atoms in total. The Kier molecular flexibility index (Phi) is 3.71. The molecular formula is C18H22N6O. The smallest absolute Gasteiger partial charge is 0.235 e. The number of allylic oxidation sites excluding steroid dienone is 2. The van der Waals surface area contributed by atoms with Crippen LogP contribution in [-0.2, 0) is 13.5 Å². The number of nitrogens with zero attached hydrogens (tertiary/aromatic N) is 5. The Balaban J connectivity index is 1.45. The van der Waals surface area contributed by atoms with Gasteiger partial charge in [0.05, 0.1) is 0 Å². The van der Waals surface area contributed by atoms with Gasteiger partial charge in [-0.05, 0) is 39.0 Å². The number of aryl methyl sites for hydroxylation is 3. The number of imidazole rings is 1. The number of hydrazine groups is 1. The first kappa shape index (κ1) is 15.7. The van der Waals surface area contributed by atoms with E-state index in [4.69, 9.17) is 9.40 Å². The average molecular weight is 338 g/mol. The monoisotopic (exact) mass is 338 g/mol. The van der Waals surface area contributed by atoms with Crippen molar-refractivity contribution in [2.24, 2.45) is 17.0 Å². The van der Waals surface area contributed by atoms with Gasteiger partial charge in [-0.15, -0.1) is 0 Å². The van der Waals surface area contributed by atoms with Gasteiger partial charge in [-0.3, -0.25) is 5.43 Å². The third-order valence-corrected chi connectivity index (χ3v) is 4.42. The maximum Gasteiger partial charge on any atom is 0.235 e. The van der Waals surface area contributed by atoms with Crippen molar-refractivity contribution < 1.29 is 4.42 Å². The summed E-state index contributed by atoms with van der Waals surface area (Å²) in [5.41, 5.74) is 6.35. The summed E-state index contributed by atoms with van der Waals surface area (Å²) >= 11 is 0. The van der Waals surface area contributed by atoms with Gasteiger partial charge < -0.3 is 8.98 Å². The topological polar surface area (TPSA) is 70.9 Å². The van der Waals surface area contributed by atoms with Gasteiger partial charge in [-0.2, -0.15) is 0 Å². The van der Waals surface area contributed by atoms with Crippen LogP contribution in [0.15, 0.2) is 44.5 Å². The molecule has 4 rings (SSSR count). The van der Waals surface area contributed by atoms with Crippen molar-refractivity contribution in [1.82, 2.24) is 20.0 Å². The third-order valence-electron chi connectivity index (χ3n) is 4.42. The SMILES string of the molecule is CC1=CC(C)=NC2N=C(CCc3nc(-c4ccc(C)o4)cn3C)NN12. The van der Waals surface area contributed by atoms with E-state index in [1.165, 1.54) is 0 Å². The fourth-order valence-electron chi connectivity index (χ4n) is 3.15. The Labute approximate surface area is 146 Å². The number of aromatic nitrogens is 2. The zero-order valence-corrected chi connectivity index (χ0v) is 14.9. The van der Waals surface area contributed by atoms with Crippen LogP contribution in [0.25, 0.3) is 11.5 Å². The molecule has 2 aromatic heterocycles. The molecule has 0 aromatic carbocycles. The van der Waals surface area contributed by atoms with Crippen LogP contribution in [0.2, 0.25) is 0 Å². The minimum absolute atomic E-state index is 0.178. The molecule has 0 fully saturated rings. The van der Waals surface area contributed by atoms with Gasteiger partial charge >= 0.3 is 0 Å². The van der Waals surface area contributed by atoms with Crippen molar-refractivity contribution in [3.63, 3.8) is 0 Å². The van der Waals surface area contributed by atoms with Crippen molar-refractivity contribution in [1.29, 1.82) is 0 Å². The van der Waals surface area contributed by atoms with Gasteiger partial charge in [0, 0.05) is 37.5 Å². The third kappa shape index (κ3) is 2.97. The number of amidine groups is 1. The maximum absolute atomic E-state index is 5.66. The molecule has 0 saturated carbocycles. The first-order valence-corrected chi connectivity index (χ1v) is 8.44. The Hall–Kier alpha value is -2.83. The molecule has 2 aromatic rings. The quantitative estimate of drug-likeness (QED) is 0.930. The lowest BCUT2D eigenvalue weighted by Crippen LogP contribution is -2.40. The number of aliphatic imine (C=N–C) groups is 2. The van der Waals surface area contributed by atoms with E-state index < -0.39 is 0 Å². The lowest BCUT2D eigenvalue weighted by atomic mass is 10.3. The molecule has 0 saturated heterocycles. The van der Waals surface area contributed by atoms with Crippen LogP contribution < -0.4 is 5.43 Å². The van der Waals surface area contributed by atoms with Gasteiger partial charge in [0.15, 0.2) is 5.76 Å². The molecule has 25 heavy (non-hydrogen) atoms. The molecule has 2 aliphatic heterocycles. The van der Waals surface area contributed by atoms with Crippen LogP contribution in [0.3, 0.4) is 0 Å². The van der Waals surface area contributed by atoms with Crippen LogP contribution in [0, 0.1) is 6.92 Å². The maximum atomic E-state index is 5.66. The highest BCUT2D eigenvalue weighted by Crippen LogP contribution is 2.23. The molecule has 0 amide bonds. The van der Waals surface area contributed by atoms with E-state index in [2.05, 4.69) is 28.4 Å². The Morgan fingerprint density at radius 1 is 1.16 bits per heavy atom. The fourth-order valence-corrected chi connectivity index (χ4v) is 3.15. The number of hydrogen-bond donors (Lipinski definition) is 1. The highest BCUT2D eigenvalue weighted by Gasteiger charge is 2.28. The molecule has 0 aliphatic carbocycles. The number of furan rings is 1. The molecule has 130 valence electrons. The fraction of sp³-hybridized carbons (Fsp3) is 0.389. The summed E-state index contributed by atoms with van der Waals surface area (Å²) in [4.78, 5) is 13.9. The normalized spacial score (nSPS) is 19.3. The Bertz CT molecular complexity index is 901. The summed E-state index contributed by atoms with van der Waals surface area (Å²) in [6.07, 6.45) is 5.47. The summed E-state index contributed by atoms with van der Waals surface area (Å²) in [7, 11) is 2.01. The highest BCUT2D eigenvalue weighted by molar-refractivity contribution is 5.94. The van der Waals surface area contributed by atoms with Gasteiger partial charge in [0.25, 0.3) is 0 Å². The van der Waals surface area contributed by atoms with E-state index >= 15 is 0 Å². The number of nitrogens with one attached hydrogen (secondary N) is 1. The molecule has 2 aliphatic rings. The van der Waals surface area contributed by atoms with Crippen molar-refractivity contribution >= 4 is 11.5 Å². The molecule has 4 heterocycles. The van der Waals surface area contributed by atoms with E-state index in [0.717, 1.165) is 53.1 Å². The minimum atomic E-state index is -0.178. The number of rotatable bonds is 4. The molecule has 1 unspecified atom stereocenters. The molecule has 1 N–H and O–H groups in total. The zero-order chi connectivity index (χ0) is 17.6. The summed E-state index contributed by atoms with van der Waals surface area (Å²) in [6.45, 7) is 6.00. The summed E-state index contributed by atoms with van der Waals surface area (Å²) in [5.74, 6) is 3.64. The second-order valence-corrected chi connectivity index (χ2v) is 6.52. The Morgan fingerprint density at radius 2 is 2.00 bits per heavy atom. The lowest BCUT2D eigenvalue weighted by molar-refractivity contribution is 0.253. The second-order valence-electron chi connectivity index (χ2n) is 6.52. The van der Waals surface area contributed by atoms with E-state index in [1.54, 1.807) is 0 Å². The van der Waals surface area contributed by atoms with Crippen molar-refractivity contribution in [3.05, 3.63) is 41.7 Å². The van der Waals surface area contributed by atoms with Crippen molar-refractivity contribution in [2.45, 2.75) is 39.9 Å². The Morgan fingerprint density at radius 3 is 2.76 bits per heavy atom. The summed E-state index contributed by atoms with van der Waals surface area (Å²) in [5, 5.41) is 2.00. The van der Waals surface area contributed by atoms with Crippen molar-refractivity contribution in [3.8, 4) is 11.5 Å². The van der Waals surface area contributed by atoms with Gasteiger partial charge in [0.1, 0.15) is 23.1 Å². The first-order chi connectivity index (χ1) is 12.0. The van der Waals surface area contributed by atoms with Crippen LogP contribution in [0.5, 0.6) is 0 Å². The molecule has 0 spiro atoms. The van der Waals surface area contributed by atoms with E-state index in [0.29, 0.717) is 0 Å². The van der Waals surface area contributed by atoms with E-state index in [9.17, 15) is 0 Å². The van der Waals surface area contributed by atoms with Gasteiger partial charge in [-0.1, -0.05) is 0 Å². The molecule has 0 radical (unpaired) electrons. The molecule has 1 atom stereocenters. The highest BCUT2D eigenvalue weighted by atomic mass is 16.3. The first-order valence-electron chi connectivity index (χ1n) is 8.44. The van der Waals surface area contributed by atoms with Gasteiger partial charge in [0.2, 0.25) is 6.29 Å². The predicted molar refractivity (Wildman–Crippen MR) is 97.0 cm³/mol. The second kappa shape index (κ2) is 5.91. The number of hydrogen-bond acceptors (Lipinski definition) is 6. The van der Waals surface area contributed by atoms with E-state index in [-0.39, 0.29) is 6.29 Å². The van der Waals surface area contributed by atoms with Crippen LogP contribution >= 0.6 is 0 Å². The summed E-state index contributed by atoms with van der Waals surface area (Å²) in [6, 6.07) is 3.91. The number of fused-ring (bicyclic) bond motifs is 1. The zero-order valence-electron chi connectivity index (χ0n) is 14.9. The standard InChI is InChI=1S/C18H22N6O/c1-11-9-12(2)24-18(19-11)21-16(22-24)7-8-17-20-14(10-23(17)4)15-6-5-13(3)25-15/h5-6,9-10,18H,7-8H2,1-4H3,(H,21,22). The lowest BCUT2D eigenvalue weighted by Gasteiger charge is -2.26. The largest absolute Gasteiger partial charge is 0.460 e. The average Bonchev–Trinajstić information content (AvgIpc) is 3.24. The minimum Gasteiger partial charge on any atom is -0.460 e. The molecular weight excluding hydrogens is 316 g/mol. The molecule has 7 heteroatoms. The van der Waals surface area contributed by atoms with Crippen molar-refractivity contribution in [2.75, 3.05) is 0 Å². The summed E-state index contributed by atoms with van der Waals surface area (Å²) < 4.78 is 7.71. The van der Waals surface area contributed by atoms with Crippen LogP contribution in [-0.4, -0.2) is 32.4 Å². The van der Waals surface area contributed by atoms with Crippen LogP contribution in [0.1, 0.15) is 31.9 Å². The van der Waals surface area contributed by atoms with E-state index in [1.807, 2.05) is 48.8 Å². The molecule has 0 bridgehead atoms. The van der Waals surface area contributed by atoms with Crippen LogP contribution in [0.4, 0.5) is 0 Å². The van der Waals surface area contributed by atoms with Gasteiger partial charge in [-0.25, -0.2) is 20.0 Å². The predicted octanol–water partition coefficient (Wildman–Crippen LogP) is 2.80.